The Bertz CT molecular complexity index is 953. The number of halogens is 1. The predicted octanol–water partition coefficient (Wildman–Crippen LogP) is 4.00. The number of hydrogen-bond donors (Lipinski definition) is 1. The Morgan fingerprint density at radius 3 is 2.40 bits per heavy atom. The first-order valence-corrected chi connectivity index (χ1v) is 10.4. The molecule has 2 aliphatic rings. The number of fused-ring (bicyclic) bond motifs is 1. The molecule has 6 nitrogen and oxygen atoms in total. The second kappa shape index (κ2) is 9.22. The summed E-state index contributed by atoms with van der Waals surface area (Å²) in [7, 11) is 0. The molecule has 4 rings (SSSR count). The number of carbonyl (C=O) groups excluding carboxylic acids is 2. The highest BCUT2D eigenvalue weighted by molar-refractivity contribution is 6.34. The molecule has 1 N–H and O–H groups in total. The molecule has 2 aromatic carbocycles. The fraction of sp³-hybridized carbons (Fsp3) is 0.304. The first-order valence-electron chi connectivity index (χ1n) is 10.0. The van der Waals surface area contributed by atoms with Gasteiger partial charge >= 0.3 is 0 Å². The van der Waals surface area contributed by atoms with Crippen molar-refractivity contribution in [2.45, 2.75) is 12.8 Å². The molecular formula is C23H23ClN2O4. The van der Waals surface area contributed by atoms with Gasteiger partial charge in [-0.1, -0.05) is 41.9 Å². The van der Waals surface area contributed by atoms with Crippen molar-refractivity contribution < 1.29 is 19.1 Å². The predicted molar refractivity (Wildman–Crippen MR) is 116 cm³/mol. The van der Waals surface area contributed by atoms with Crippen LogP contribution in [0.3, 0.4) is 0 Å². The lowest BCUT2D eigenvalue weighted by atomic mass is 9.95. The van der Waals surface area contributed by atoms with E-state index >= 15 is 0 Å². The van der Waals surface area contributed by atoms with Gasteiger partial charge in [0.2, 0.25) is 11.8 Å². The molecule has 2 heterocycles. The highest BCUT2D eigenvalue weighted by Gasteiger charge is 2.27. The van der Waals surface area contributed by atoms with Gasteiger partial charge in [-0.2, -0.15) is 0 Å². The van der Waals surface area contributed by atoms with Crippen LogP contribution in [0.5, 0.6) is 11.5 Å². The summed E-state index contributed by atoms with van der Waals surface area (Å²) >= 11 is 6.28. The summed E-state index contributed by atoms with van der Waals surface area (Å²) in [6, 6.07) is 13.1. The van der Waals surface area contributed by atoms with Crippen molar-refractivity contribution in [3.63, 3.8) is 0 Å². The number of benzene rings is 2. The van der Waals surface area contributed by atoms with Crippen molar-refractivity contribution in [3.8, 4) is 11.5 Å². The van der Waals surface area contributed by atoms with Crippen LogP contribution in [-0.2, 0) is 9.59 Å². The quantitative estimate of drug-likeness (QED) is 0.750. The van der Waals surface area contributed by atoms with Crippen LogP contribution < -0.4 is 14.8 Å². The third-order valence-electron chi connectivity index (χ3n) is 5.29. The number of amides is 2. The van der Waals surface area contributed by atoms with E-state index in [-0.39, 0.29) is 17.7 Å². The average molecular weight is 427 g/mol. The zero-order valence-corrected chi connectivity index (χ0v) is 17.2. The minimum atomic E-state index is -0.170. The molecule has 2 amide bonds. The Kier molecular flexibility index (Phi) is 6.23. The van der Waals surface area contributed by atoms with E-state index in [0.29, 0.717) is 61.4 Å². The molecule has 0 atom stereocenters. The van der Waals surface area contributed by atoms with Crippen LogP contribution in [-0.4, -0.2) is 43.0 Å². The summed E-state index contributed by atoms with van der Waals surface area (Å²) in [6.45, 7) is 2.04. The van der Waals surface area contributed by atoms with Crippen molar-refractivity contribution >= 4 is 35.2 Å². The number of ether oxygens (including phenoxy) is 2. The second-order valence-electron chi connectivity index (χ2n) is 7.31. The van der Waals surface area contributed by atoms with Gasteiger partial charge in [-0.25, -0.2) is 0 Å². The van der Waals surface area contributed by atoms with Crippen molar-refractivity contribution in [2.24, 2.45) is 5.92 Å². The van der Waals surface area contributed by atoms with Crippen molar-refractivity contribution in [3.05, 3.63) is 59.1 Å². The van der Waals surface area contributed by atoms with Crippen LogP contribution in [0.4, 0.5) is 5.69 Å². The number of nitrogens with one attached hydrogen (secondary N) is 1. The summed E-state index contributed by atoms with van der Waals surface area (Å²) < 4.78 is 11.1. The highest BCUT2D eigenvalue weighted by atomic mass is 35.5. The molecule has 0 spiro atoms. The monoisotopic (exact) mass is 426 g/mol. The first kappa shape index (κ1) is 20.3. The normalized spacial score (nSPS) is 16.5. The fourth-order valence-electron chi connectivity index (χ4n) is 3.59. The van der Waals surface area contributed by atoms with E-state index in [4.69, 9.17) is 21.1 Å². The molecule has 30 heavy (non-hydrogen) atoms. The molecule has 0 bridgehead atoms. The van der Waals surface area contributed by atoms with Gasteiger partial charge in [0.15, 0.2) is 11.5 Å². The summed E-state index contributed by atoms with van der Waals surface area (Å²) in [6.07, 6.45) is 4.62. The highest BCUT2D eigenvalue weighted by Crippen LogP contribution is 2.38. The third kappa shape index (κ3) is 4.76. The number of anilines is 1. The molecule has 0 aromatic heterocycles. The number of rotatable bonds is 4. The second-order valence-corrected chi connectivity index (χ2v) is 7.72. The van der Waals surface area contributed by atoms with Crippen LogP contribution in [0.2, 0.25) is 5.02 Å². The lowest BCUT2D eigenvalue weighted by molar-refractivity contribution is -0.130. The van der Waals surface area contributed by atoms with E-state index in [0.717, 1.165) is 5.56 Å². The molecule has 0 aliphatic carbocycles. The van der Waals surface area contributed by atoms with Gasteiger partial charge in [-0.05, 0) is 24.5 Å². The topological polar surface area (TPSA) is 67.9 Å². The van der Waals surface area contributed by atoms with Crippen molar-refractivity contribution in [2.75, 3.05) is 31.6 Å². The Hall–Kier alpha value is -2.99. The first-order chi connectivity index (χ1) is 14.6. The minimum absolute atomic E-state index is 0.0346. The summed E-state index contributed by atoms with van der Waals surface area (Å²) in [5, 5.41) is 3.31. The Morgan fingerprint density at radius 1 is 1.03 bits per heavy atom. The maximum Gasteiger partial charge on any atom is 0.246 e. The fourth-order valence-corrected chi connectivity index (χ4v) is 3.79. The molecule has 1 saturated heterocycles. The molecular weight excluding hydrogens is 404 g/mol. The lowest BCUT2D eigenvalue weighted by Gasteiger charge is -2.30. The maximum absolute atomic E-state index is 12.7. The van der Waals surface area contributed by atoms with Gasteiger partial charge in [-0.3, -0.25) is 9.59 Å². The SMILES string of the molecule is O=C(Nc1cc2c(cc1Cl)OCCO2)C1CCN(C(=O)/C=C/c2ccccc2)CC1. The zero-order valence-electron chi connectivity index (χ0n) is 16.5. The lowest BCUT2D eigenvalue weighted by Crippen LogP contribution is -2.40. The summed E-state index contributed by atoms with van der Waals surface area (Å²) in [5.41, 5.74) is 1.49. The molecule has 156 valence electrons. The molecule has 2 aliphatic heterocycles. The van der Waals surface area contributed by atoms with E-state index in [1.165, 1.54) is 0 Å². The van der Waals surface area contributed by atoms with Crippen LogP contribution in [0.25, 0.3) is 6.08 Å². The van der Waals surface area contributed by atoms with Crippen molar-refractivity contribution in [1.29, 1.82) is 0 Å². The summed E-state index contributed by atoms with van der Waals surface area (Å²) in [5.74, 6) is 0.857. The van der Waals surface area contributed by atoms with E-state index in [1.54, 1.807) is 23.1 Å². The molecule has 0 saturated carbocycles. The molecule has 7 heteroatoms. The smallest absolute Gasteiger partial charge is 0.246 e. The number of carbonyl (C=O) groups is 2. The van der Waals surface area contributed by atoms with Gasteiger partial charge in [0, 0.05) is 37.2 Å². The minimum Gasteiger partial charge on any atom is -0.486 e. The Balaban J connectivity index is 1.31. The third-order valence-corrected chi connectivity index (χ3v) is 5.60. The van der Waals surface area contributed by atoms with Crippen molar-refractivity contribution in [1.82, 2.24) is 4.90 Å². The number of piperidine rings is 1. The van der Waals surface area contributed by atoms with E-state index in [9.17, 15) is 9.59 Å². The zero-order chi connectivity index (χ0) is 20.9. The number of nitrogens with zero attached hydrogens (tertiary/aromatic N) is 1. The van der Waals surface area contributed by atoms with E-state index < -0.39 is 0 Å². The number of likely N-dealkylation sites (tertiary alicyclic amines) is 1. The molecule has 2 aromatic rings. The number of hydrogen-bond acceptors (Lipinski definition) is 4. The molecule has 0 radical (unpaired) electrons. The standard InChI is InChI=1S/C23H23ClN2O4/c24-18-14-20-21(30-13-12-29-20)15-19(18)25-23(28)17-8-10-26(11-9-17)22(27)7-6-16-4-2-1-3-5-16/h1-7,14-15,17H,8-13H2,(H,25,28)/b7-6+. The van der Waals surface area contributed by atoms with Gasteiger partial charge in [0.25, 0.3) is 0 Å². The van der Waals surface area contributed by atoms with Gasteiger partial charge in [-0.15, -0.1) is 0 Å². The van der Waals surface area contributed by atoms with Crippen LogP contribution in [0, 0.1) is 5.92 Å². The van der Waals surface area contributed by atoms with Crippen LogP contribution in [0.15, 0.2) is 48.5 Å². The Morgan fingerprint density at radius 2 is 1.70 bits per heavy atom. The molecule has 1 fully saturated rings. The van der Waals surface area contributed by atoms with Gasteiger partial charge < -0.3 is 19.7 Å². The van der Waals surface area contributed by atoms with Crippen LogP contribution >= 0.6 is 11.6 Å². The van der Waals surface area contributed by atoms with Gasteiger partial charge in [0.05, 0.1) is 10.7 Å². The van der Waals surface area contributed by atoms with E-state index in [2.05, 4.69) is 5.32 Å². The summed E-state index contributed by atoms with van der Waals surface area (Å²) in [4.78, 5) is 26.9. The van der Waals surface area contributed by atoms with Gasteiger partial charge in [0.1, 0.15) is 13.2 Å². The molecule has 0 unspecified atom stereocenters. The van der Waals surface area contributed by atoms with Crippen LogP contribution in [0.1, 0.15) is 18.4 Å². The Labute approximate surface area is 180 Å². The average Bonchev–Trinajstić information content (AvgIpc) is 2.78. The largest absolute Gasteiger partial charge is 0.486 e. The maximum atomic E-state index is 12.7. The van der Waals surface area contributed by atoms with E-state index in [1.807, 2.05) is 36.4 Å².